The molecule has 6 heteroatoms. The molecule has 0 aliphatic carbocycles. The number of hydrogen-bond donors (Lipinski definition) is 0. The molecule has 0 bridgehead atoms. The number of ketones is 1. The second-order valence-electron chi connectivity index (χ2n) is 6.19. The first-order valence-electron chi connectivity index (χ1n) is 7.92. The van der Waals surface area contributed by atoms with Gasteiger partial charge in [0.05, 0.1) is 5.56 Å². The van der Waals surface area contributed by atoms with Gasteiger partial charge >= 0.3 is 5.95 Å². The summed E-state index contributed by atoms with van der Waals surface area (Å²) in [6.07, 6.45) is 1.18. The number of rotatable bonds is 1. The molecule has 0 atom stereocenters. The highest BCUT2D eigenvalue weighted by atomic mass is 16.5. The summed E-state index contributed by atoms with van der Waals surface area (Å²) < 4.78 is 6.03. The maximum absolute atomic E-state index is 12.8. The van der Waals surface area contributed by atoms with Crippen molar-refractivity contribution in [3.05, 3.63) is 53.0 Å². The van der Waals surface area contributed by atoms with E-state index in [9.17, 15) is 4.79 Å². The van der Waals surface area contributed by atoms with Crippen LogP contribution in [0.25, 0.3) is 4.85 Å². The van der Waals surface area contributed by atoms with Gasteiger partial charge in [0.15, 0.2) is 5.60 Å². The molecular formula is C18H16N4O2. The van der Waals surface area contributed by atoms with Crippen LogP contribution in [0.1, 0.15) is 28.9 Å². The highest BCUT2D eigenvalue weighted by molar-refractivity contribution is 6.07. The molecule has 2 aliphatic rings. The van der Waals surface area contributed by atoms with E-state index in [0.29, 0.717) is 49.0 Å². The fourth-order valence-corrected chi connectivity index (χ4v) is 3.38. The molecular weight excluding hydrogens is 304 g/mol. The van der Waals surface area contributed by atoms with Gasteiger partial charge in [0.1, 0.15) is 5.75 Å². The van der Waals surface area contributed by atoms with Crippen molar-refractivity contribution >= 4 is 17.5 Å². The van der Waals surface area contributed by atoms with Crippen LogP contribution < -0.4 is 9.64 Å². The maximum atomic E-state index is 12.8. The highest BCUT2D eigenvalue weighted by Crippen LogP contribution is 2.41. The van der Waals surface area contributed by atoms with Gasteiger partial charge in [-0.3, -0.25) is 4.79 Å². The summed E-state index contributed by atoms with van der Waals surface area (Å²) in [6, 6.07) is 9.08. The van der Waals surface area contributed by atoms with E-state index >= 15 is 0 Å². The molecule has 120 valence electrons. The lowest BCUT2D eigenvalue weighted by atomic mass is 9.86. The van der Waals surface area contributed by atoms with Crippen molar-refractivity contribution in [2.24, 2.45) is 0 Å². The topological polar surface area (TPSA) is 59.7 Å². The molecule has 2 aliphatic heterocycles. The number of nitrogens with zero attached hydrogens (tertiary/aromatic N) is 4. The van der Waals surface area contributed by atoms with Crippen LogP contribution in [0.15, 0.2) is 30.3 Å². The first-order valence-corrected chi connectivity index (χ1v) is 7.92. The van der Waals surface area contributed by atoms with Crippen molar-refractivity contribution in [3.63, 3.8) is 0 Å². The third-order valence-electron chi connectivity index (χ3n) is 4.65. The Hall–Kier alpha value is -2.94. The number of Topliss-reactive ketones (excluding diaryl/α,β-unsaturated/α-hetero) is 1. The van der Waals surface area contributed by atoms with E-state index in [0.717, 1.165) is 5.69 Å². The number of ether oxygens (including phenoxy) is 1. The fourth-order valence-electron chi connectivity index (χ4n) is 3.38. The van der Waals surface area contributed by atoms with Crippen molar-refractivity contribution in [1.82, 2.24) is 9.97 Å². The number of aryl methyl sites for hydroxylation is 1. The number of anilines is 1. The molecule has 0 N–H and O–H groups in total. The van der Waals surface area contributed by atoms with Crippen molar-refractivity contribution in [2.45, 2.75) is 25.4 Å². The van der Waals surface area contributed by atoms with Crippen molar-refractivity contribution in [1.29, 1.82) is 0 Å². The minimum atomic E-state index is -0.757. The summed E-state index contributed by atoms with van der Waals surface area (Å²) in [5, 5.41) is 0. The molecule has 1 aromatic carbocycles. The third kappa shape index (κ3) is 2.21. The average molecular weight is 320 g/mol. The number of hydrogen-bond acceptors (Lipinski definition) is 5. The number of fused-ring (bicyclic) bond motifs is 1. The third-order valence-corrected chi connectivity index (χ3v) is 4.65. The van der Waals surface area contributed by atoms with Crippen LogP contribution >= 0.6 is 0 Å². The molecule has 1 aromatic heterocycles. The number of piperidine rings is 1. The zero-order chi connectivity index (χ0) is 16.7. The summed E-state index contributed by atoms with van der Waals surface area (Å²) in [6.45, 7) is 10.2. The van der Waals surface area contributed by atoms with Crippen LogP contribution in [-0.2, 0) is 0 Å². The van der Waals surface area contributed by atoms with Gasteiger partial charge in [-0.2, -0.15) is 4.98 Å². The Bertz CT molecular complexity index is 864. The van der Waals surface area contributed by atoms with E-state index in [-0.39, 0.29) is 5.78 Å². The molecule has 0 radical (unpaired) electrons. The predicted molar refractivity (Wildman–Crippen MR) is 88.6 cm³/mol. The van der Waals surface area contributed by atoms with Crippen LogP contribution in [0, 0.1) is 13.5 Å². The van der Waals surface area contributed by atoms with Gasteiger partial charge in [-0.15, -0.1) is 0 Å². The number of carbonyl (C=O) groups excluding carboxylic acids is 1. The molecule has 4 rings (SSSR count). The normalized spacial score (nSPS) is 18.2. The Morgan fingerprint density at radius 3 is 2.71 bits per heavy atom. The second-order valence-corrected chi connectivity index (χ2v) is 6.19. The van der Waals surface area contributed by atoms with Gasteiger partial charge in [0, 0.05) is 31.6 Å². The molecule has 6 nitrogen and oxygen atoms in total. The van der Waals surface area contributed by atoms with Gasteiger partial charge < -0.3 is 14.5 Å². The first-order chi connectivity index (χ1) is 11.6. The summed E-state index contributed by atoms with van der Waals surface area (Å²) in [4.78, 5) is 26.9. The Balaban J connectivity index is 1.55. The standard InChI is InChI=1S/C18H16N4O2/c1-12-11-15(19-2)21-17(20-12)22-9-7-18(8-10-22)16(23)13-5-3-4-6-14(13)24-18/h3-6,11H,7-10H2,1H3. The number of benzene rings is 1. The zero-order valence-corrected chi connectivity index (χ0v) is 13.3. The van der Waals surface area contributed by atoms with E-state index in [4.69, 9.17) is 11.3 Å². The Kier molecular flexibility index (Phi) is 3.24. The molecule has 3 heterocycles. The zero-order valence-electron chi connectivity index (χ0n) is 13.3. The molecule has 1 saturated heterocycles. The van der Waals surface area contributed by atoms with Crippen LogP contribution in [0.2, 0.25) is 0 Å². The van der Waals surface area contributed by atoms with Crippen LogP contribution in [-0.4, -0.2) is 34.4 Å². The Morgan fingerprint density at radius 1 is 1.25 bits per heavy atom. The predicted octanol–water partition coefficient (Wildman–Crippen LogP) is 2.95. The highest BCUT2D eigenvalue weighted by Gasteiger charge is 2.49. The maximum Gasteiger partial charge on any atom is 0.322 e. The molecule has 0 saturated carbocycles. The Labute approximate surface area is 139 Å². The summed E-state index contributed by atoms with van der Waals surface area (Å²) in [7, 11) is 0. The van der Waals surface area contributed by atoms with E-state index in [2.05, 4.69) is 14.8 Å². The molecule has 1 spiro atoms. The van der Waals surface area contributed by atoms with E-state index < -0.39 is 5.60 Å². The van der Waals surface area contributed by atoms with Crippen LogP contribution in [0.5, 0.6) is 5.75 Å². The summed E-state index contributed by atoms with van der Waals surface area (Å²) >= 11 is 0. The Morgan fingerprint density at radius 2 is 2.00 bits per heavy atom. The van der Waals surface area contributed by atoms with Gasteiger partial charge in [0.25, 0.3) is 5.82 Å². The monoisotopic (exact) mass is 320 g/mol. The van der Waals surface area contributed by atoms with Crippen LogP contribution in [0.4, 0.5) is 11.8 Å². The lowest BCUT2D eigenvalue weighted by molar-refractivity contribution is 0.0453. The van der Waals surface area contributed by atoms with E-state index in [1.807, 2.05) is 36.1 Å². The minimum absolute atomic E-state index is 0.0738. The fraction of sp³-hybridized carbons (Fsp3) is 0.333. The second kappa shape index (κ2) is 5.31. The molecule has 0 amide bonds. The molecule has 1 fully saturated rings. The number of aromatic nitrogens is 2. The van der Waals surface area contributed by atoms with E-state index in [1.54, 1.807) is 6.07 Å². The molecule has 0 unspecified atom stereocenters. The quantitative estimate of drug-likeness (QED) is 0.756. The summed E-state index contributed by atoms with van der Waals surface area (Å²) in [5.41, 5.74) is 0.687. The largest absolute Gasteiger partial charge is 0.478 e. The lowest BCUT2D eigenvalue weighted by Gasteiger charge is -2.36. The number of para-hydroxylation sites is 1. The SMILES string of the molecule is [C-]#[N+]c1cc(C)nc(N2CCC3(CC2)Oc2ccccc2C3=O)n1. The van der Waals surface area contributed by atoms with Crippen molar-refractivity contribution in [3.8, 4) is 5.75 Å². The van der Waals surface area contributed by atoms with Gasteiger partial charge in [-0.1, -0.05) is 23.7 Å². The van der Waals surface area contributed by atoms with Crippen molar-refractivity contribution in [2.75, 3.05) is 18.0 Å². The summed E-state index contributed by atoms with van der Waals surface area (Å²) in [5.74, 6) is 1.65. The number of carbonyl (C=O) groups is 1. The first kappa shape index (κ1) is 14.6. The van der Waals surface area contributed by atoms with E-state index in [1.165, 1.54) is 0 Å². The van der Waals surface area contributed by atoms with Crippen molar-refractivity contribution < 1.29 is 9.53 Å². The van der Waals surface area contributed by atoms with Gasteiger partial charge in [-0.05, 0) is 25.1 Å². The lowest BCUT2D eigenvalue weighted by Crippen LogP contribution is -2.51. The van der Waals surface area contributed by atoms with Crippen LogP contribution in [0.3, 0.4) is 0 Å². The molecule has 24 heavy (non-hydrogen) atoms. The average Bonchev–Trinajstić information content (AvgIpc) is 2.87. The smallest absolute Gasteiger partial charge is 0.322 e. The minimum Gasteiger partial charge on any atom is -0.478 e. The molecule has 2 aromatic rings. The van der Waals surface area contributed by atoms with Gasteiger partial charge in [-0.25, -0.2) is 0 Å². The van der Waals surface area contributed by atoms with Gasteiger partial charge in [0.2, 0.25) is 5.78 Å².